The standard InChI is InChI=1S/C14H14FNO3/c1-9-12(14(17)18)6-11(19-9)8-16-7-10-4-2-3-5-13(10)15/h2-6,16H,7-8H2,1H3,(H,17,18). The number of hydrogen-bond donors (Lipinski definition) is 2. The Morgan fingerprint density at radius 1 is 1.37 bits per heavy atom. The molecular weight excluding hydrogens is 249 g/mol. The van der Waals surface area contributed by atoms with Crippen molar-refractivity contribution in [2.75, 3.05) is 0 Å². The third kappa shape index (κ3) is 3.20. The van der Waals surface area contributed by atoms with Gasteiger partial charge in [0.05, 0.1) is 6.54 Å². The highest BCUT2D eigenvalue weighted by Crippen LogP contribution is 2.14. The summed E-state index contributed by atoms with van der Waals surface area (Å²) in [6.07, 6.45) is 0. The maximum absolute atomic E-state index is 13.3. The highest BCUT2D eigenvalue weighted by Gasteiger charge is 2.13. The molecule has 0 aliphatic carbocycles. The second kappa shape index (κ2) is 5.67. The SMILES string of the molecule is Cc1oc(CNCc2ccccc2F)cc1C(=O)O. The number of aryl methyl sites for hydroxylation is 1. The van der Waals surface area contributed by atoms with E-state index in [4.69, 9.17) is 9.52 Å². The first kappa shape index (κ1) is 13.3. The smallest absolute Gasteiger partial charge is 0.339 e. The molecule has 0 amide bonds. The zero-order valence-electron chi connectivity index (χ0n) is 10.4. The van der Waals surface area contributed by atoms with E-state index in [1.165, 1.54) is 12.1 Å². The van der Waals surface area contributed by atoms with Gasteiger partial charge in [-0.2, -0.15) is 0 Å². The first-order chi connectivity index (χ1) is 9.08. The summed E-state index contributed by atoms with van der Waals surface area (Å²) in [5, 5.41) is 11.9. The van der Waals surface area contributed by atoms with Gasteiger partial charge in [0.1, 0.15) is 22.9 Å². The number of benzene rings is 1. The molecule has 19 heavy (non-hydrogen) atoms. The van der Waals surface area contributed by atoms with Gasteiger partial charge in [0, 0.05) is 12.1 Å². The Morgan fingerprint density at radius 3 is 2.74 bits per heavy atom. The molecular formula is C14H14FNO3. The van der Waals surface area contributed by atoms with Gasteiger partial charge in [-0.15, -0.1) is 0 Å². The van der Waals surface area contributed by atoms with Gasteiger partial charge in [-0.25, -0.2) is 9.18 Å². The van der Waals surface area contributed by atoms with E-state index in [1.807, 2.05) is 0 Å². The lowest BCUT2D eigenvalue weighted by molar-refractivity contribution is 0.0695. The van der Waals surface area contributed by atoms with E-state index in [2.05, 4.69) is 5.32 Å². The van der Waals surface area contributed by atoms with Crippen LogP contribution in [0.3, 0.4) is 0 Å². The summed E-state index contributed by atoms with van der Waals surface area (Å²) in [7, 11) is 0. The van der Waals surface area contributed by atoms with Crippen molar-refractivity contribution in [1.82, 2.24) is 5.32 Å². The summed E-state index contributed by atoms with van der Waals surface area (Å²) >= 11 is 0. The largest absolute Gasteiger partial charge is 0.478 e. The number of aromatic carboxylic acids is 1. The Labute approximate surface area is 109 Å². The van der Waals surface area contributed by atoms with Crippen LogP contribution in [0.2, 0.25) is 0 Å². The van der Waals surface area contributed by atoms with Crippen molar-refractivity contribution in [1.29, 1.82) is 0 Å². The second-order valence-corrected chi connectivity index (χ2v) is 4.18. The van der Waals surface area contributed by atoms with Gasteiger partial charge in [-0.1, -0.05) is 18.2 Å². The van der Waals surface area contributed by atoms with Crippen LogP contribution in [-0.2, 0) is 13.1 Å². The molecule has 2 aromatic rings. The Kier molecular flexibility index (Phi) is 3.97. The molecule has 0 unspecified atom stereocenters. The predicted molar refractivity (Wildman–Crippen MR) is 67.3 cm³/mol. The number of halogens is 1. The maximum atomic E-state index is 13.3. The van der Waals surface area contributed by atoms with E-state index < -0.39 is 5.97 Å². The normalized spacial score (nSPS) is 10.6. The molecule has 5 heteroatoms. The van der Waals surface area contributed by atoms with Gasteiger partial charge in [-0.05, 0) is 19.1 Å². The molecule has 100 valence electrons. The van der Waals surface area contributed by atoms with Crippen molar-refractivity contribution in [3.8, 4) is 0 Å². The third-order valence-electron chi connectivity index (χ3n) is 2.77. The van der Waals surface area contributed by atoms with Crippen LogP contribution >= 0.6 is 0 Å². The Balaban J connectivity index is 1.95. The molecule has 0 atom stereocenters. The van der Waals surface area contributed by atoms with Gasteiger partial charge in [0.25, 0.3) is 0 Å². The summed E-state index contributed by atoms with van der Waals surface area (Å²) in [4.78, 5) is 10.8. The summed E-state index contributed by atoms with van der Waals surface area (Å²) in [6.45, 7) is 2.31. The van der Waals surface area contributed by atoms with E-state index in [0.29, 0.717) is 30.2 Å². The number of carboxylic acid groups (broad SMARTS) is 1. The Morgan fingerprint density at radius 2 is 2.11 bits per heavy atom. The van der Waals surface area contributed by atoms with Gasteiger partial charge < -0.3 is 14.8 Å². The van der Waals surface area contributed by atoms with Crippen LogP contribution in [-0.4, -0.2) is 11.1 Å². The van der Waals surface area contributed by atoms with Crippen molar-refractivity contribution in [2.24, 2.45) is 0 Å². The summed E-state index contributed by atoms with van der Waals surface area (Å²) < 4.78 is 18.7. The Bertz CT molecular complexity index is 592. The minimum atomic E-state index is -1.01. The average molecular weight is 263 g/mol. The molecule has 1 aromatic heterocycles. The minimum absolute atomic E-state index is 0.155. The predicted octanol–water partition coefficient (Wildman–Crippen LogP) is 2.72. The van der Waals surface area contributed by atoms with Crippen LogP contribution in [0.25, 0.3) is 0 Å². The summed E-state index contributed by atoms with van der Waals surface area (Å²) in [6, 6.07) is 7.97. The summed E-state index contributed by atoms with van der Waals surface area (Å²) in [5.41, 5.74) is 0.715. The fourth-order valence-electron chi connectivity index (χ4n) is 1.81. The molecule has 0 aliphatic heterocycles. The van der Waals surface area contributed by atoms with E-state index in [-0.39, 0.29) is 11.4 Å². The molecule has 1 aromatic carbocycles. The number of carboxylic acids is 1. The van der Waals surface area contributed by atoms with Crippen molar-refractivity contribution >= 4 is 5.97 Å². The van der Waals surface area contributed by atoms with E-state index in [1.54, 1.807) is 25.1 Å². The fourth-order valence-corrected chi connectivity index (χ4v) is 1.81. The molecule has 2 rings (SSSR count). The van der Waals surface area contributed by atoms with Gasteiger partial charge in [-0.3, -0.25) is 0 Å². The van der Waals surface area contributed by atoms with E-state index >= 15 is 0 Å². The zero-order valence-corrected chi connectivity index (χ0v) is 10.4. The zero-order chi connectivity index (χ0) is 13.8. The molecule has 0 aliphatic rings. The quantitative estimate of drug-likeness (QED) is 0.870. The molecule has 4 nitrogen and oxygen atoms in total. The van der Waals surface area contributed by atoms with Crippen LogP contribution < -0.4 is 5.32 Å². The molecule has 1 heterocycles. The molecule has 0 radical (unpaired) electrons. The van der Waals surface area contributed by atoms with Crippen LogP contribution in [0.15, 0.2) is 34.7 Å². The van der Waals surface area contributed by atoms with Gasteiger partial charge >= 0.3 is 5.97 Å². The monoisotopic (exact) mass is 263 g/mol. The lowest BCUT2D eigenvalue weighted by Crippen LogP contribution is -2.13. The van der Waals surface area contributed by atoms with Gasteiger partial charge in [0.2, 0.25) is 0 Å². The highest BCUT2D eigenvalue weighted by atomic mass is 19.1. The van der Waals surface area contributed by atoms with E-state index in [9.17, 15) is 9.18 Å². The van der Waals surface area contributed by atoms with Crippen LogP contribution in [0, 0.1) is 12.7 Å². The molecule has 0 fully saturated rings. The molecule has 0 spiro atoms. The third-order valence-corrected chi connectivity index (χ3v) is 2.77. The number of carbonyl (C=O) groups is 1. The Hall–Kier alpha value is -2.14. The second-order valence-electron chi connectivity index (χ2n) is 4.18. The number of hydrogen-bond acceptors (Lipinski definition) is 3. The fraction of sp³-hybridized carbons (Fsp3) is 0.214. The minimum Gasteiger partial charge on any atom is -0.478 e. The molecule has 0 saturated carbocycles. The van der Waals surface area contributed by atoms with Crippen LogP contribution in [0.5, 0.6) is 0 Å². The first-order valence-corrected chi connectivity index (χ1v) is 5.84. The van der Waals surface area contributed by atoms with Crippen molar-refractivity contribution in [2.45, 2.75) is 20.0 Å². The van der Waals surface area contributed by atoms with E-state index in [0.717, 1.165) is 0 Å². The lowest BCUT2D eigenvalue weighted by Gasteiger charge is -2.03. The molecule has 0 saturated heterocycles. The topological polar surface area (TPSA) is 62.5 Å². The van der Waals surface area contributed by atoms with Crippen molar-refractivity contribution < 1.29 is 18.7 Å². The number of nitrogens with one attached hydrogen (secondary N) is 1. The maximum Gasteiger partial charge on any atom is 0.339 e. The first-order valence-electron chi connectivity index (χ1n) is 5.84. The lowest BCUT2D eigenvalue weighted by atomic mass is 10.2. The number of rotatable bonds is 5. The summed E-state index contributed by atoms with van der Waals surface area (Å²) in [5.74, 6) is -0.389. The number of furan rings is 1. The van der Waals surface area contributed by atoms with Crippen molar-refractivity contribution in [3.05, 3.63) is 58.8 Å². The van der Waals surface area contributed by atoms with Crippen LogP contribution in [0.1, 0.15) is 27.4 Å². The van der Waals surface area contributed by atoms with Crippen LogP contribution in [0.4, 0.5) is 4.39 Å². The molecule has 0 bridgehead atoms. The van der Waals surface area contributed by atoms with Gasteiger partial charge in [0.15, 0.2) is 0 Å². The highest BCUT2D eigenvalue weighted by molar-refractivity contribution is 5.88. The van der Waals surface area contributed by atoms with Crippen molar-refractivity contribution in [3.63, 3.8) is 0 Å². The average Bonchev–Trinajstić information content (AvgIpc) is 2.73. The molecule has 2 N–H and O–H groups in total.